The van der Waals surface area contributed by atoms with Crippen LogP contribution in [0.4, 0.5) is 0 Å². The molecule has 0 amide bonds. The summed E-state index contributed by atoms with van der Waals surface area (Å²) in [6.45, 7) is 3.54. The van der Waals surface area contributed by atoms with Crippen molar-refractivity contribution in [3.8, 4) is 0 Å². The zero-order chi connectivity index (χ0) is 17.6. The molecule has 0 bridgehead atoms. The Labute approximate surface area is 154 Å². The van der Waals surface area contributed by atoms with Crippen molar-refractivity contribution in [2.45, 2.75) is 50.4 Å². The van der Waals surface area contributed by atoms with Crippen LogP contribution < -0.4 is 0 Å². The van der Waals surface area contributed by atoms with E-state index in [2.05, 4.69) is 27.2 Å². The van der Waals surface area contributed by atoms with Crippen LogP contribution in [-0.2, 0) is 9.53 Å². The molecule has 0 N–H and O–H groups in total. The fraction of sp³-hybridized carbons (Fsp3) is 0.562. The smallest absolute Gasteiger partial charge is 0.303 e. The summed E-state index contributed by atoms with van der Waals surface area (Å²) in [5.41, 5.74) is 0.992. The average molecular weight is 380 g/mol. The molecule has 1 spiro atoms. The zero-order valence-corrected chi connectivity index (χ0v) is 15.5. The monoisotopic (exact) mass is 379 g/mol. The Morgan fingerprint density at radius 1 is 1.44 bits per heavy atom. The fourth-order valence-corrected chi connectivity index (χ4v) is 4.31. The standard InChI is InChI=1S/C16H18ClN5O2S/c1-3-8-25-15-18-13(17)12-14(19-15)22(21-20-12)10-4-5-11(24-9(2)23)16(10)6-7-16/h4-5,10-11H,3,6-8H2,1-2H3/t10-,11+/m0/s1. The van der Waals surface area contributed by atoms with Crippen LogP contribution in [0.5, 0.6) is 0 Å². The molecule has 2 atom stereocenters. The number of allylic oxidation sites excluding steroid dienone is 1. The number of halogens is 1. The number of carbonyl (C=O) groups excluding carboxylic acids is 1. The Balaban J connectivity index is 1.71. The number of aromatic nitrogens is 5. The number of hydrogen-bond donors (Lipinski definition) is 0. The largest absolute Gasteiger partial charge is 0.458 e. The summed E-state index contributed by atoms with van der Waals surface area (Å²) >= 11 is 7.84. The van der Waals surface area contributed by atoms with Crippen molar-refractivity contribution in [3.63, 3.8) is 0 Å². The van der Waals surface area contributed by atoms with Gasteiger partial charge in [0.2, 0.25) is 0 Å². The third kappa shape index (κ3) is 2.81. The Bertz CT molecular complexity index is 864. The van der Waals surface area contributed by atoms with Gasteiger partial charge in [0.1, 0.15) is 6.10 Å². The van der Waals surface area contributed by atoms with Crippen LogP contribution in [0.2, 0.25) is 5.15 Å². The van der Waals surface area contributed by atoms with Crippen LogP contribution in [0.3, 0.4) is 0 Å². The van der Waals surface area contributed by atoms with Gasteiger partial charge in [-0.2, -0.15) is 0 Å². The zero-order valence-electron chi connectivity index (χ0n) is 14.0. The number of nitrogens with zero attached hydrogens (tertiary/aromatic N) is 5. The lowest BCUT2D eigenvalue weighted by atomic mass is 9.97. The van der Waals surface area contributed by atoms with Crippen molar-refractivity contribution in [1.82, 2.24) is 25.0 Å². The SMILES string of the molecule is CCCSc1nc(Cl)c2nnn([C@H]3C=C[C@@H](OC(C)=O)C34CC4)c2n1. The van der Waals surface area contributed by atoms with Gasteiger partial charge in [-0.05, 0) is 25.3 Å². The lowest BCUT2D eigenvalue weighted by Gasteiger charge is -2.24. The molecule has 25 heavy (non-hydrogen) atoms. The van der Waals surface area contributed by atoms with E-state index in [9.17, 15) is 4.79 Å². The van der Waals surface area contributed by atoms with Crippen LogP contribution in [0, 0.1) is 5.41 Å². The summed E-state index contributed by atoms with van der Waals surface area (Å²) in [6.07, 6.45) is 6.73. The van der Waals surface area contributed by atoms with Crippen LogP contribution in [0.25, 0.3) is 11.2 Å². The first kappa shape index (κ1) is 16.8. The molecule has 7 nitrogen and oxygen atoms in total. The second-order valence-corrected chi connectivity index (χ2v) is 7.86. The molecule has 1 saturated carbocycles. The lowest BCUT2D eigenvalue weighted by molar-refractivity contribution is -0.147. The van der Waals surface area contributed by atoms with Crippen molar-refractivity contribution in [2.24, 2.45) is 5.41 Å². The molecule has 2 aromatic rings. The van der Waals surface area contributed by atoms with Gasteiger partial charge < -0.3 is 4.74 Å². The van der Waals surface area contributed by atoms with Gasteiger partial charge in [0.05, 0.1) is 6.04 Å². The number of carbonyl (C=O) groups is 1. The number of esters is 1. The van der Waals surface area contributed by atoms with E-state index in [-0.39, 0.29) is 23.5 Å². The van der Waals surface area contributed by atoms with Gasteiger partial charge in [0.25, 0.3) is 0 Å². The van der Waals surface area contributed by atoms with Gasteiger partial charge >= 0.3 is 5.97 Å². The van der Waals surface area contributed by atoms with Gasteiger partial charge in [0, 0.05) is 18.1 Å². The molecule has 0 aliphatic heterocycles. The molecule has 2 aliphatic carbocycles. The maximum absolute atomic E-state index is 11.4. The van der Waals surface area contributed by atoms with Crippen molar-refractivity contribution in [2.75, 3.05) is 5.75 Å². The number of ether oxygens (including phenoxy) is 1. The predicted octanol–water partition coefficient (Wildman–Crippen LogP) is 3.20. The van der Waals surface area contributed by atoms with Gasteiger partial charge in [-0.15, -0.1) is 5.10 Å². The summed E-state index contributed by atoms with van der Waals surface area (Å²) in [5, 5.41) is 9.40. The fourth-order valence-electron chi connectivity index (χ4n) is 3.37. The topological polar surface area (TPSA) is 82.8 Å². The highest BCUT2D eigenvalue weighted by Gasteiger charge is 2.59. The van der Waals surface area contributed by atoms with Crippen molar-refractivity contribution >= 4 is 40.5 Å². The molecule has 9 heteroatoms. The van der Waals surface area contributed by atoms with E-state index in [0.717, 1.165) is 25.0 Å². The van der Waals surface area contributed by atoms with Gasteiger partial charge in [0.15, 0.2) is 21.5 Å². The molecule has 0 unspecified atom stereocenters. The van der Waals surface area contributed by atoms with Crippen LogP contribution in [0.15, 0.2) is 17.3 Å². The number of thioether (sulfide) groups is 1. The summed E-state index contributed by atoms with van der Waals surface area (Å²) < 4.78 is 7.28. The maximum atomic E-state index is 11.4. The molecule has 2 heterocycles. The lowest BCUT2D eigenvalue weighted by Crippen LogP contribution is -2.29. The molecule has 0 saturated heterocycles. The molecule has 1 fully saturated rings. The molecular formula is C16H18ClN5O2S. The van der Waals surface area contributed by atoms with E-state index in [0.29, 0.717) is 21.5 Å². The number of fused-ring (bicyclic) bond motifs is 1. The first-order chi connectivity index (χ1) is 12.0. The molecule has 0 radical (unpaired) electrons. The van der Waals surface area contributed by atoms with Gasteiger partial charge in [-0.3, -0.25) is 4.79 Å². The summed E-state index contributed by atoms with van der Waals surface area (Å²) in [6, 6.07) is -0.0446. The highest BCUT2D eigenvalue weighted by molar-refractivity contribution is 7.99. The van der Waals surface area contributed by atoms with E-state index in [1.54, 1.807) is 16.4 Å². The Kier molecular flexibility index (Phi) is 4.19. The quantitative estimate of drug-likeness (QED) is 0.259. The van der Waals surface area contributed by atoms with Crippen molar-refractivity contribution < 1.29 is 9.53 Å². The molecule has 2 aliphatic rings. The summed E-state index contributed by atoms with van der Waals surface area (Å²) in [7, 11) is 0. The minimum atomic E-state index is -0.270. The highest BCUT2D eigenvalue weighted by atomic mass is 35.5. The Morgan fingerprint density at radius 3 is 2.92 bits per heavy atom. The van der Waals surface area contributed by atoms with Gasteiger partial charge in [-0.25, -0.2) is 14.6 Å². The van der Waals surface area contributed by atoms with E-state index < -0.39 is 0 Å². The second-order valence-electron chi connectivity index (χ2n) is 6.44. The Hall–Kier alpha value is -1.67. The van der Waals surface area contributed by atoms with E-state index in [4.69, 9.17) is 16.3 Å². The number of hydrogen-bond acceptors (Lipinski definition) is 7. The van der Waals surface area contributed by atoms with Crippen molar-refractivity contribution in [3.05, 3.63) is 17.3 Å². The molecular weight excluding hydrogens is 362 g/mol. The second kappa shape index (κ2) is 6.25. The number of rotatable bonds is 5. The minimum absolute atomic E-state index is 0.0446. The van der Waals surface area contributed by atoms with Crippen LogP contribution in [-0.4, -0.2) is 42.8 Å². The highest BCUT2D eigenvalue weighted by Crippen LogP contribution is 2.61. The third-order valence-electron chi connectivity index (χ3n) is 4.70. The molecule has 2 aromatic heterocycles. The Morgan fingerprint density at radius 2 is 2.24 bits per heavy atom. The van der Waals surface area contributed by atoms with Crippen LogP contribution in [0.1, 0.15) is 39.2 Å². The predicted molar refractivity (Wildman–Crippen MR) is 94.5 cm³/mol. The first-order valence-corrected chi connectivity index (χ1v) is 9.68. The summed E-state index contributed by atoms with van der Waals surface area (Å²) in [5.74, 6) is 0.652. The van der Waals surface area contributed by atoms with Crippen molar-refractivity contribution in [1.29, 1.82) is 0 Å². The minimum Gasteiger partial charge on any atom is -0.458 e. The average Bonchev–Trinajstić information content (AvgIpc) is 3.14. The molecule has 4 rings (SSSR count). The van der Waals surface area contributed by atoms with E-state index >= 15 is 0 Å². The van der Waals surface area contributed by atoms with Gasteiger partial charge in [-0.1, -0.05) is 41.6 Å². The first-order valence-electron chi connectivity index (χ1n) is 8.32. The maximum Gasteiger partial charge on any atom is 0.303 e. The summed E-state index contributed by atoms with van der Waals surface area (Å²) in [4.78, 5) is 20.3. The molecule has 0 aromatic carbocycles. The van der Waals surface area contributed by atoms with E-state index in [1.807, 2.05) is 12.2 Å². The molecule has 132 valence electrons. The van der Waals surface area contributed by atoms with E-state index in [1.165, 1.54) is 6.92 Å². The third-order valence-corrected chi connectivity index (χ3v) is 6.02. The van der Waals surface area contributed by atoms with Crippen LogP contribution >= 0.6 is 23.4 Å². The normalized spacial score (nSPS) is 23.5.